The van der Waals surface area contributed by atoms with Crippen LogP contribution in [0.1, 0.15) is 12.0 Å². The highest BCUT2D eigenvalue weighted by molar-refractivity contribution is 5.79. The molecular formula is C13H16FNO3. The fourth-order valence-electron chi connectivity index (χ4n) is 1.40. The van der Waals surface area contributed by atoms with Crippen molar-refractivity contribution in [1.82, 2.24) is 4.90 Å². The quantitative estimate of drug-likeness (QED) is 0.745. The van der Waals surface area contributed by atoms with E-state index in [0.717, 1.165) is 5.56 Å². The Labute approximate surface area is 105 Å². The van der Waals surface area contributed by atoms with Gasteiger partial charge in [0.2, 0.25) is 5.91 Å². The van der Waals surface area contributed by atoms with E-state index in [9.17, 15) is 14.0 Å². The molecule has 98 valence electrons. The summed E-state index contributed by atoms with van der Waals surface area (Å²) < 4.78 is 17.2. The van der Waals surface area contributed by atoms with E-state index in [1.807, 2.05) is 0 Å². The first-order valence-corrected chi connectivity index (χ1v) is 5.58. The van der Waals surface area contributed by atoms with Crippen molar-refractivity contribution in [2.24, 2.45) is 0 Å². The van der Waals surface area contributed by atoms with Gasteiger partial charge in [0.15, 0.2) is 0 Å². The summed E-state index contributed by atoms with van der Waals surface area (Å²) in [5.41, 5.74) is 0.742. The van der Waals surface area contributed by atoms with E-state index in [1.165, 1.54) is 24.1 Å². The maximum Gasteiger partial charge on any atom is 0.307 e. The van der Waals surface area contributed by atoms with Crippen LogP contribution >= 0.6 is 0 Å². The topological polar surface area (TPSA) is 46.6 Å². The number of rotatable bonds is 5. The zero-order valence-electron chi connectivity index (χ0n) is 10.5. The molecule has 1 amide bonds. The van der Waals surface area contributed by atoms with Gasteiger partial charge in [0.1, 0.15) is 5.82 Å². The van der Waals surface area contributed by atoms with Gasteiger partial charge >= 0.3 is 5.97 Å². The molecular weight excluding hydrogens is 237 g/mol. The first-order chi connectivity index (χ1) is 8.52. The van der Waals surface area contributed by atoms with Crippen molar-refractivity contribution in [2.75, 3.05) is 20.7 Å². The summed E-state index contributed by atoms with van der Waals surface area (Å²) in [4.78, 5) is 24.2. The summed E-state index contributed by atoms with van der Waals surface area (Å²) in [6.07, 6.45) is 0.361. The molecule has 0 radical (unpaired) electrons. The largest absolute Gasteiger partial charge is 0.469 e. The van der Waals surface area contributed by atoms with E-state index >= 15 is 0 Å². The first-order valence-electron chi connectivity index (χ1n) is 5.58. The van der Waals surface area contributed by atoms with Gasteiger partial charge in [-0.3, -0.25) is 9.59 Å². The maximum atomic E-state index is 12.7. The third-order valence-corrected chi connectivity index (χ3v) is 2.57. The molecule has 0 saturated carbocycles. The first kappa shape index (κ1) is 14.2. The van der Waals surface area contributed by atoms with E-state index in [1.54, 1.807) is 19.2 Å². The molecule has 0 spiro atoms. The van der Waals surface area contributed by atoms with Crippen LogP contribution in [0.15, 0.2) is 24.3 Å². The number of carbonyl (C=O) groups is 2. The van der Waals surface area contributed by atoms with Crippen molar-refractivity contribution in [3.8, 4) is 0 Å². The number of ether oxygens (including phenoxy) is 1. The molecule has 4 nitrogen and oxygen atoms in total. The lowest BCUT2D eigenvalue weighted by Gasteiger charge is -2.16. The molecule has 0 unspecified atom stereocenters. The predicted molar refractivity (Wildman–Crippen MR) is 64.4 cm³/mol. The SMILES string of the molecule is COC(=O)CCN(C)C(=O)Cc1ccc(F)cc1. The smallest absolute Gasteiger partial charge is 0.307 e. The van der Waals surface area contributed by atoms with E-state index in [-0.39, 0.29) is 30.5 Å². The Kier molecular flexibility index (Phi) is 5.30. The van der Waals surface area contributed by atoms with Gasteiger partial charge in [-0.2, -0.15) is 0 Å². The lowest BCUT2D eigenvalue weighted by atomic mass is 10.1. The number of carbonyl (C=O) groups excluding carboxylic acids is 2. The highest BCUT2D eigenvalue weighted by atomic mass is 19.1. The molecule has 0 aliphatic rings. The maximum absolute atomic E-state index is 12.7. The minimum atomic E-state index is -0.351. The molecule has 0 bridgehead atoms. The highest BCUT2D eigenvalue weighted by Crippen LogP contribution is 2.05. The summed E-state index contributed by atoms with van der Waals surface area (Å²) in [5, 5.41) is 0. The number of methoxy groups -OCH3 is 1. The molecule has 1 rings (SSSR count). The Morgan fingerprint density at radius 3 is 2.44 bits per heavy atom. The fraction of sp³-hybridized carbons (Fsp3) is 0.385. The molecule has 0 atom stereocenters. The van der Waals surface area contributed by atoms with Gasteiger partial charge in [0, 0.05) is 13.6 Å². The van der Waals surface area contributed by atoms with Crippen LogP contribution in [0.2, 0.25) is 0 Å². The van der Waals surface area contributed by atoms with Crippen LogP contribution in [0, 0.1) is 5.82 Å². The lowest BCUT2D eigenvalue weighted by molar-refractivity contribution is -0.141. The standard InChI is InChI=1S/C13H16FNO3/c1-15(8-7-13(17)18-2)12(16)9-10-3-5-11(14)6-4-10/h3-6H,7-9H2,1-2H3. The molecule has 0 aromatic heterocycles. The molecule has 1 aromatic carbocycles. The monoisotopic (exact) mass is 253 g/mol. The molecule has 0 N–H and O–H groups in total. The van der Waals surface area contributed by atoms with Crippen LogP contribution in [0.5, 0.6) is 0 Å². The normalized spacial score (nSPS) is 9.94. The molecule has 0 heterocycles. The van der Waals surface area contributed by atoms with Gasteiger partial charge in [0.05, 0.1) is 20.0 Å². The van der Waals surface area contributed by atoms with Crippen molar-refractivity contribution in [1.29, 1.82) is 0 Å². The van der Waals surface area contributed by atoms with Gasteiger partial charge in [-0.05, 0) is 17.7 Å². The summed E-state index contributed by atoms with van der Waals surface area (Å²) in [6.45, 7) is 0.312. The second kappa shape index (κ2) is 6.74. The van der Waals surface area contributed by atoms with Crippen LogP contribution in [0.3, 0.4) is 0 Å². The summed E-state index contributed by atoms with van der Waals surface area (Å²) in [7, 11) is 2.93. The molecule has 18 heavy (non-hydrogen) atoms. The van der Waals surface area contributed by atoms with Crippen molar-refractivity contribution >= 4 is 11.9 Å². The molecule has 0 aliphatic carbocycles. The van der Waals surface area contributed by atoms with Gasteiger partial charge in [-0.1, -0.05) is 12.1 Å². The Hall–Kier alpha value is -1.91. The molecule has 0 saturated heterocycles. The Bertz CT molecular complexity index is 417. The number of esters is 1. The minimum absolute atomic E-state index is 0.120. The molecule has 5 heteroatoms. The van der Waals surface area contributed by atoms with E-state index in [4.69, 9.17) is 0 Å². The van der Waals surface area contributed by atoms with Gasteiger partial charge in [-0.25, -0.2) is 4.39 Å². The zero-order valence-corrected chi connectivity index (χ0v) is 10.5. The van der Waals surface area contributed by atoms with Crippen LogP contribution in [0.25, 0.3) is 0 Å². The van der Waals surface area contributed by atoms with Crippen molar-refractivity contribution in [2.45, 2.75) is 12.8 Å². The van der Waals surface area contributed by atoms with E-state index < -0.39 is 0 Å². The molecule has 0 aliphatic heterocycles. The third kappa shape index (κ3) is 4.53. The Morgan fingerprint density at radius 2 is 1.89 bits per heavy atom. The number of amides is 1. The predicted octanol–water partition coefficient (Wildman–Crippen LogP) is 1.39. The lowest BCUT2D eigenvalue weighted by Crippen LogP contribution is -2.30. The van der Waals surface area contributed by atoms with Crippen LogP contribution in [0.4, 0.5) is 4.39 Å². The number of benzene rings is 1. The number of nitrogens with zero attached hydrogens (tertiary/aromatic N) is 1. The van der Waals surface area contributed by atoms with Crippen molar-refractivity contribution in [3.05, 3.63) is 35.6 Å². The number of hydrogen-bond acceptors (Lipinski definition) is 3. The summed E-state index contributed by atoms with van der Waals surface area (Å²) >= 11 is 0. The van der Waals surface area contributed by atoms with Crippen LogP contribution in [-0.4, -0.2) is 37.5 Å². The van der Waals surface area contributed by atoms with Gasteiger partial charge in [-0.15, -0.1) is 0 Å². The number of likely N-dealkylation sites (N-methyl/N-ethyl adjacent to an activating group) is 1. The zero-order chi connectivity index (χ0) is 13.5. The Morgan fingerprint density at radius 1 is 1.28 bits per heavy atom. The van der Waals surface area contributed by atoms with E-state index in [0.29, 0.717) is 6.54 Å². The van der Waals surface area contributed by atoms with Crippen molar-refractivity contribution < 1.29 is 18.7 Å². The average molecular weight is 253 g/mol. The molecule has 1 aromatic rings. The van der Waals surface area contributed by atoms with Gasteiger partial charge in [0.25, 0.3) is 0 Å². The third-order valence-electron chi connectivity index (χ3n) is 2.57. The molecule has 0 fully saturated rings. The second-order valence-corrected chi connectivity index (χ2v) is 3.94. The van der Waals surface area contributed by atoms with E-state index in [2.05, 4.69) is 4.74 Å². The number of hydrogen-bond donors (Lipinski definition) is 0. The van der Waals surface area contributed by atoms with Gasteiger partial charge < -0.3 is 9.64 Å². The fourth-order valence-corrected chi connectivity index (χ4v) is 1.40. The highest BCUT2D eigenvalue weighted by Gasteiger charge is 2.11. The number of halogens is 1. The average Bonchev–Trinajstić information content (AvgIpc) is 2.38. The van der Waals surface area contributed by atoms with Crippen LogP contribution < -0.4 is 0 Å². The minimum Gasteiger partial charge on any atom is -0.469 e. The van der Waals surface area contributed by atoms with Crippen molar-refractivity contribution in [3.63, 3.8) is 0 Å². The Balaban J connectivity index is 2.44. The van der Waals surface area contributed by atoms with Crippen LogP contribution in [-0.2, 0) is 20.7 Å². The summed E-state index contributed by atoms with van der Waals surface area (Å²) in [6, 6.07) is 5.77. The second-order valence-electron chi connectivity index (χ2n) is 3.94. The summed E-state index contributed by atoms with van der Waals surface area (Å²) in [5.74, 6) is -0.799.